The molecule has 16 nitrogen and oxygen atoms in total. The molecule has 0 saturated heterocycles. The molecular weight excluding hydrogens is 688 g/mol. The summed E-state index contributed by atoms with van der Waals surface area (Å²) in [6.45, 7) is -1.44. The summed E-state index contributed by atoms with van der Waals surface area (Å²) in [5.41, 5.74) is 0.233. The SMILES string of the molecule is O=C(C=Cc1ccc(O)c2c1C(C(=O)OCC(C(=O)O)c1ccc(O)c(O)c1)C(c1ccc(O)c(O)c1)O2)OCC(C(=O)O)c1ccc(O)c(O)c1. The van der Waals surface area contributed by atoms with Gasteiger partial charge in [0.05, 0.1) is 0 Å². The molecule has 0 fully saturated rings. The summed E-state index contributed by atoms with van der Waals surface area (Å²) in [7, 11) is 0. The van der Waals surface area contributed by atoms with Crippen molar-refractivity contribution in [3.63, 3.8) is 0 Å². The van der Waals surface area contributed by atoms with Crippen LogP contribution < -0.4 is 4.74 Å². The molecule has 0 amide bonds. The van der Waals surface area contributed by atoms with Crippen molar-refractivity contribution in [2.24, 2.45) is 0 Å². The van der Waals surface area contributed by atoms with Crippen molar-refractivity contribution in [2.75, 3.05) is 13.2 Å². The van der Waals surface area contributed by atoms with Crippen molar-refractivity contribution in [3.8, 4) is 46.0 Å². The fourth-order valence-corrected chi connectivity index (χ4v) is 5.52. The summed E-state index contributed by atoms with van der Waals surface area (Å²) in [5.74, 6) is -13.3. The van der Waals surface area contributed by atoms with Gasteiger partial charge in [0.15, 0.2) is 46.0 Å². The molecule has 4 aromatic rings. The van der Waals surface area contributed by atoms with Gasteiger partial charge in [-0.1, -0.05) is 24.3 Å². The number of carboxylic acids is 2. The monoisotopic (exact) mass is 718 g/mol. The number of aromatic hydroxyl groups is 7. The lowest BCUT2D eigenvalue weighted by atomic mass is 9.87. The summed E-state index contributed by atoms with van der Waals surface area (Å²) in [5, 5.41) is 89.1. The van der Waals surface area contributed by atoms with Gasteiger partial charge in [-0.25, -0.2) is 4.79 Å². The van der Waals surface area contributed by atoms with Gasteiger partial charge in [0.1, 0.15) is 37.1 Å². The molecule has 0 bridgehead atoms. The second-order valence-electron chi connectivity index (χ2n) is 11.6. The van der Waals surface area contributed by atoms with Crippen LogP contribution in [-0.4, -0.2) is 83.0 Å². The van der Waals surface area contributed by atoms with Crippen LogP contribution in [0.4, 0.5) is 0 Å². The van der Waals surface area contributed by atoms with E-state index in [0.29, 0.717) is 0 Å². The third-order valence-electron chi connectivity index (χ3n) is 8.23. The minimum atomic E-state index is -1.51. The van der Waals surface area contributed by atoms with Gasteiger partial charge in [0.25, 0.3) is 0 Å². The van der Waals surface area contributed by atoms with E-state index in [1.165, 1.54) is 36.4 Å². The number of phenolic OH excluding ortho intramolecular Hbond substituents is 7. The number of carbonyl (C=O) groups excluding carboxylic acids is 2. The lowest BCUT2D eigenvalue weighted by Crippen LogP contribution is -2.26. The van der Waals surface area contributed by atoms with Gasteiger partial charge in [0, 0.05) is 11.6 Å². The Morgan fingerprint density at radius 1 is 0.635 bits per heavy atom. The van der Waals surface area contributed by atoms with E-state index in [2.05, 4.69) is 0 Å². The van der Waals surface area contributed by atoms with E-state index < -0.39 is 101 Å². The summed E-state index contributed by atoms with van der Waals surface area (Å²) in [6, 6.07) is 12.6. The number of hydrogen-bond donors (Lipinski definition) is 9. The van der Waals surface area contributed by atoms with Gasteiger partial charge < -0.3 is 60.2 Å². The lowest BCUT2D eigenvalue weighted by molar-refractivity contribution is -0.151. The van der Waals surface area contributed by atoms with Gasteiger partial charge in [-0.3, -0.25) is 14.4 Å². The predicted molar refractivity (Wildman–Crippen MR) is 175 cm³/mol. The van der Waals surface area contributed by atoms with E-state index in [0.717, 1.165) is 42.5 Å². The van der Waals surface area contributed by atoms with Gasteiger partial charge in [0.2, 0.25) is 0 Å². The first kappa shape index (κ1) is 36.2. The van der Waals surface area contributed by atoms with E-state index in [1.807, 2.05) is 0 Å². The minimum Gasteiger partial charge on any atom is -0.504 e. The van der Waals surface area contributed by atoms with Crippen LogP contribution in [0.5, 0.6) is 46.0 Å². The predicted octanol–water partition coefficient (Wildman–Crippen LogP) is 3.68. The topological polar surface area (TPSA) is 278 Å². The summed E-state index contributed by atoms with van der Waals surface area (Å²) >= 11 is 0. The number of esters is 2. The first-order valence-electron chi connectivity index (χ1n) is 15.2. The van der Waals surface area contributed by atoms with E-state index in [4.69, 9.17) is 14.2 Å². The Morgan fingerprint density at radius 3 is 1.65 bits per heavy atom. The van der Waals surface area contributed by atoms with Gasteiger partial charge in [-0.15, -0.1) is 0 Å². The standard InChI is InChI=1S/C36H30O16/c37-22-6-2-17(11-26(22)41)20(34(45)46)14-50-29(44)10-5-16-1-9-25(40)33-30(16)31(32(52-33)19-4-8-24(39)28(43)13-19)36(49)51-15-21(35(47)48)18-3-7-23(38)27(42)12-18/h1-13,20-21,31-32,37-43H,14-15H2,(H,45,46)(H,47,48). The molecule has 0 aliphatic carbocycles. The Morgan fingerprint density at radius 2 is 1.13 bits per heavy atom. The highest BCUT2D eigenvalue weighted by Gasteiger charge is 2.45. The molecule has 0 spiro atoms. The van der Waals surface area contributed by atoms with Crippen molar-refractivity contribution >= 4 is 30.0 Å². The van der Waals surface area contributed by atoms with Crippen LogP contribution in [0, 0.1) is 0 Å². The average molecular weight is 719 g/mol. The number of carboxylic acid groups (broad SMARTS) is 2. The largest absolute Gasteiger partial charge is 0.504 e. The molecule has 1 heterocycles. The molecule has 1 aliphatic heterocycles. The zero-order chi connectivity index (χ0) is 37.9. The molecular formula is C36H30O16. The van der Waals surface area contributed by atoms with Crippen LogP contribution in [0.15, 0.2) is 72.8 Å². The van der Waals surface area contributed by atoms with E-state index in [9.17, 15) is 65.1 Å². The molecule has 0 aromatic heterocycles. The number of rotatable bonds is 12. The molecule has 4 atom stereocenters. The first-order chi connectivity index (χ1) is 24.7. The molecule has 4 unspecified atom stereocenters. The molecule has 4 aromatic carbocycles. The van der Waals surface area contributed by atoms with Crippen LogP contribution in [0.2, 0.25) is 0 Å². The number of hydrogen-bond acceptors (Lipinski definition) is 14. The van der Waals surface area contributed by atoms with Gasteiger partial charge >= 0.3 is 23.9 Å². The lowest BCUT2D eigenvalue weighted by Gasteiger charge is -2.21. The smallest absolute Gasteiger partial charge is 0.330 e. The highest BCUT2D eigenvalue weighted by molar-refractivity contribution is 5.90. The number of aliphatic carboxylic acids is 2. The summed E-state index contributed by atoms with van der Waals surface area (Å²) in [6.07, 6.45) is 0.752. The van der Waals surface area contributed by atoms with Crippen LogP contribution in [-0.2, 0) is 28.7 Å². The molecule has 1 aliphatic rings. The zero-order valence-electron chi connectivity index (χ0n) is 26.6. The third-order valence-corrected chi connectivity index (χ3v) is 8.23. The van der Waals surface area contributed by atoms with Gasteiger partial charge in [-0.05, 0) is 70.8 Å². The molecule has 270 valence electrons. The Kier molecular flexibility index (Phi) is 10.3. The van der Waals surface area contributed by atoms with Gasteiger partial charge in [-0.2, -0.15) is 0 Å². The van der Waals surface area contributed by atoms with Crippen molar-refractivity contribution in [3.05, 3.63) is 101 Å². The number of benzene rings is 4. The Balaban J connectivity index is 1.44. The molecule has 52 heavy (non-hydrogen) atoms. The van der Waals surface area contributed by atoms with E-state index >= 15 is 0 Å². The van der Waals surface area contributed by atoms with Crippen LogP contribution in [0.3, 0.4) is 0 Å². The first-order valence-corrected chi connectivity index (χ1v) is 15.2. The zero-order valence-corrected chi connectivity index (χ0v) is 26.6. The highest BCUT2D eigenvalue weighted by Crippen LogP contribution is 2.53. The third kappa shape index (κ3) is 7.55. The fraction of sp³-hybridized carbons (Fsp3) is 0.167. The molecule has 9 N–H and O–H groups in total. The number of fused-ring (bicyclic) bond motifs is 1. The normalized spacial score (nSPS) is 16.0. The maximum absolute atomic E-state index is 13.9. The van der Waals surface area contributed by atoms with Crippen molar-refractivity contribution in [1.29, 1.82) is 0 Å². The van der Waals surface area contributed by atoms with Crippen molar-refractivity contribution in [2.45, 2.75) is 23.9 Å². The van der Waals surface area contributed by atoms with Crippen LogP contribution in [0.25, 0.3) is 6.08 Å². The van der Waals surface area contributed by atoms with E-state index in [1.54, 1.807) is 0 Å². The molecule has 5 rings (SSSR count). The maximum atomic E-state index is 13.9. The van der Waals surface area contributed by atoms with Crippen LogP contribution >= 0.6 is 0 Å². The summed E-state index contributed by atoms with van der Waals surface area (Å²) in [4.78, 5) is 50.6. The second kappa shape index (κ2) is 14.8. The maximum Gasteiger partial charge on any atom is 0.330 e. The number of phenols is 7. The highest BCUT2D eigenvalue weighted by atomic mass is 16.5. The van der Waals surface area contributed by atoms with Crippen molar-refractivity contribution in [1.82, 2.24) is 0 Å². The van der Waals surface area contributed by atoms with Crippen molar-refractivity contribution < 1.29 is 79.3 Å². The quantitative estimate of drug-likeness (QED) is 0.0574. The fourth-order valence-electron chi connectivity index (χ4n) is 5.52. The minimum absolute atomic E-state index is 0.00851. The molecule has 0 saturated carbocycles. The second-order valence-corrected chi connectivity index (χ2v) is 11.6. The molecule has 16 heteroatoms. The molecule has 0 radical (unpaired) electrons. The number of ether oxygens (including phenoxy) is 3. The Hall–Kier alpha value is -7.10. The summed E-state index contributed by atoms with van der Waals surface area (Å²) < 4.78 is 16.6. The Bertz CT molecular complexity index is 2090. The van der Waals surface area contributed by atoms with Crippen LogP contribution in [0.1, 0.15) is 51.7 Å². The average Bonchev–Trinajstić information content (AvgIpc) is 3.50. The Labute approximate surface area is 292 Å². The number of carbonyl (C=O) groups is 4. The van der Waals surface area contributed by atoms with E-state index in [-0.39, 0.29) is 33.6 Å².